The summed E-state index contributed by atoms with van der Waals surface area (Å²) in [6, 6.07) is 0. The summed E-state index contributed by atoms with van der Waals surface area (Å²) in [5, 5.41) is 2.76. The third kappa shape index (κ3) is 6.23. The minimum atomic E-state index is -0.0924. The van der Waals surface area contributed by atoms with Crippen LogP contribution in [0.1, 0.15) is 27.2 Å². The lowest BCUT2D eigenvalue weighted by Gasteiger charge is -2.01. The second-order valence-corrected chi connectivity index (χ2v) is 3.38. The number of hydrogen-bond acceptors (Lipinski definition) is 1. The quantitative estimate of drug-likeness (QED) is 0.527. The molecule has 0 aromatic carbocycles. The van der Waals surface area contributed by atoms with Crippen LogP contribution in [0.4, 0.5) is 0 Å². The van der Waals surface area contributed by atoms with Crippen molar-refractivity contribution in [3.8, 4) is 0 Å². The maximum Gasteiger partial charge on any atom is 0.250 e. The molecule has 0 aliphatic rings. The van der Waals surface area contributed by atoms with Crippen LogP contribution in [0.15, 0.2) is 36.0 Å². The third-order valence-corrected chi connectivity index (χ3v) is 1.55. The van der Waals surface area contributed by atoms with E-state index >= 15 is 0 Å². The van der Waals surface area contributed by atoms with E-state index in [0.717, 1.165) is 6.42 Å². The van der Waals surface area contributed by atoms with Gasteiger partial charge in [0.05, 0.1) is 0 Å². The fraction of sp³-hybridized carbons (Fsp3) is 0.417. The molecular weight excluding hydrogens is 174 g/mol. The van der Waals surface area contributed by atoms with Gasteiger partial charge in [0.2, 0.25) is 0 Å². The van der Waals surface area contributed by atoms with Gasteiger partial charge in [0.15, 0.2) is 0 Å². The van der Waals surface area contributed by atoms with Gasteiger partial charge < -0.3 is 5.32 Å². The lowest BCUT2D eigenvalue weighted by atomic mass is 10.2. The molecule has 0 unspecified atom stereocenters. The lowest BCUT2D eigenvalue weighted by Crippen LogP contribution is -2.24. The first kappa shape index (κ1) is 12.7. The molecule has 0 radical (unpaired) electrons. The van der Waals surface area contributed by atoms with Gasteiger partial charge in [-0.2, -0.15) is 0 Å². The van der Waals surface area contributed by atoms with Crippen LogP contribution in [-0.4, -0.2) is 12.5 Å². The molecule has 0 bridgehead atoms. The van der Waals surface area contributed by atoms with E-state index < -0.39 is 0 Å². The number of carbonyl (C=O) groups excluding carboxylic acids is 1. The van der Waals surface area contributed by atoms with Gasteiger partial charge in [-0.15, -0.1) is 0 Å². The zero-order valence-corrected chi connectivity index (χ0v) is 9.26. The second kappa shape index (κ2) is 7.13. The Morgan fingerprint density at radius 2 is 2.07 bits per heavy atom. The molecule has 0 atom stereocenters. The number of carbonyl (C=O) groups is 1. The molecule has 0 spiro atoms. The normalized spacial score (nSPS) is 9.93. The molecule has 1 N–H and O–H groups in total. The Kier molecular flexibility index (Phi) is 6.46. The van der Waals surface area contributed by atoms with Crippen molar-refractivity contribution in [2.24, 2.45) is 0 Å². The first-order valence-electron chi connectivity index (χ1n) is 4.86. The molecule has 0 rings (SSSR count). The van der Waals surface area contributed by atoms with E-state index in [0.29, 0.717) is 12.1 Å². The number of hydrogen-bond donors (Lipinski definition) is 1. The van der Waals surface area contributed by atoms with Crippen molar-refractivity contribution in [1.29, 1.82) is 0 Å². The minimum Gasteiger partial charge on any atom is -0.352 e. The van der Waals surface area contributed by atoms with Crippen molar-refractivity contribution < 1.29 is 4.79 Å². The van der Waals surface area contributed by atoms with E-state index in [2.05, 4.69) is 11.9 Å². The summed E-state index contributed by atoms with van der Waals surface area (Å²) >= 11 is 0. The van der Waals surface area contributed by atoms with Gasteiger partial charge in [-0.05, 0) is 20.3 Å². The van der Waals surface area contributed by atoms with Gasteiger partial charge in [-0.1, -0.05) is 37.3 Å². The third-order valence-electron chi connectivity index (χ3n) is 1.55. The Morgan fingerprint density at radius 3 is 2.57 bits per heavy atom. The molecule has 78 valence electrons. The Labute approximate surface area is 86.4 Å². The molecule has 2 nitrogen and oxygen atoms in total. The smallest absolute Gasteiger partial charge is 0.250 e. The molecule has 1 amide bonds. The van der Waals surface area contributed by atoms with Gasteiger partial charge in [-0.25, -0.2) is 0 Å². The van der Waals surface area contributed by atoms with Crippen LogP contribution in [0.5, 0.6) is 0 Å². The van der Waals surface area contributed by atoms with Crippen molar-refractivity contribution in [3.63, 3.8) is 0 Å². The standard InChI is InChI=1S/C12H19NO/c1-5-9-13-12(14)11(4)8-6-7-10(2)3/h6-8H,4-5,9H2,1-3H3,(H,13,14)/b8-6-. The van der Waals surface area contributed by atoms with Gasteiger partial charge in [0, 0.05) is 12.1 Å². The Balaban J connectivity index is 4.02. The van der Waals surface area contributed by atoms with Crippen LogP contribution in [0.2, 0.25) is 0 Å². The zero-order valence-electron chi connectivity index (χ0n) is 9.26. The van der Waals surface area contributed by atoms with Crippen molar-refractivity contribution in [2.75, 3.05) is 6.54 Å². The Morgan fingerprint density at radius 1 is 1.43 bits per heavy atom. The van der Waals surface area contributed by atoms with E-state index in [1.807, 2.05) is 32.9 Å². The monoisotopic (exact) mass is 193 g/mol. The number of amides is 1. The summed E-state index contributed by atoms with van der Waals surface area (Å²) in [6.07, 6.45) is 6.44. The molecule has 14 heavy (non-hydrogen) atoms. The molecule has 2 heteroatoms. The number of allylic oxidation sites excluding steroid dienone is 3. The van der Waals surface area contributed by atoms with E-state index in [-0.39, 0.29) is 5.91 Å². The fourth-order valence-electron chi connectivity index (χ4n) is 0.784. The summed E-state index contributed by atoms with van der Waals surface area (Å²) in [7, 11) is 0. The van der Waals surface area contributed by atoms with E-state index in [9.17, 15) is 4.79 Å². The van der Waals surface area contributed by atoms with Crippen LogP contribution in [0.3, 0.4) is 0 Å². The Hall–Kier alpha value is -1.31. The SMILES string of the molecule is C=C(/C=C\C=C(C)C)C(=O)NCCC. The first-order valence-corrected chi connectivity index (χ1v) is 4.86. The highest BCUT2D eigenvalue weighted by Crippen LogP contribution is 1.96. The molecule has 0 fully saturated rings. The second-order valence-electron chi connectivity index (χ2n) is 3.38. The molecule has 0 saturated carbocycles. The summed E-state index contributed by atoms with van der Waals surface area (Å²) in [4.78, 5) is 11.3. The highest BCUT2D eigenvalue weighted by atomic mass is 16.1. The van der Waals surface area contributed by atoms with Crippen molar-refractivity contribution in [2.45, 2.75) is 27.2 Å². The van der Waals surface area contributed by atoms with Gasteiger partial charge in [0.25, 0.3) is 5.91 Å². The molecule has 0 saturated heterocycles. The highest BCUT2D eigenvalue weighted by molar-refractivity contribution is 5.95. The molecule has 0 aliphatic carbocycles. The fourth-order valence-corrected chi connectivity index (χ4v) is 0.784. The maximum atomic E-state index is 11.3. The van der Waals surface area contributed by atoms with Crippen LogP contribution in [0, 0.1) is 0 Å². The van der Waals surface area contributed by atoms with Crippen LogP contribution in [0.25, 0.3) is 0 Å². The Bertz CT molecular complexity index is 257. The van der Waals surface area contributed by atoms with Crippen LogP contribution >= 0.6 is 0 Å². The topological polar surface area (TPSA) is 29.1 Å². The summed E-state index contributed by atoms with van der Waals surface area (Å²) in [5.41, 5.74) is 1.69. The number of nitrogens with one attached hydrogen (secondary N) is 1. The van der Waals surface area contributed by atoms with Crippen molar-refractivity contribution >= 4 is 5.91 Å². The lowest BCUT2D eigenvalue weighted by molar-refractivity contribution is -0.117. The largest absolute Gasteiger partial charge is 0.352 e. The number of rotatable bonds is 5. The van der Waals surface area contributed by atoms with E-state index in [4.69, 9.17) is 0 Å². The molecule has 0 aliphatic heterocycles. The van der Waals surface area contributed by atoms with Crippen molar-refractivity contribution in [3.05, 3.63) is 36.0 Å². The van der Waals surface area contributed by atoms with Gasteiger partial charge in [0.1, 0.15) is 0 Å². The summed E-state index contributed by atoms with van der Waals surface area (Å²) in [5.74, 6) is -0.0924. The van der Waals surface area contributed by atoms with Gasteiger partial charge >= 0.3 is 0 Å². The maximum absolute atomic E-state index is 11.3. The summed E-state index contributed by atoms with van der Waals surface area (Å²) in [6.45, 7) is 10.4. The van der Waals surface area contributed by atoms with Gasteiger partial charge in [-0.3, -0.25) is 4.79 Å². The predicted molar refractivity (Wildman–Crippen MR) is 61.0 cm³/mol. The summed E-state index contributed by atoms with van der Waals surface area (Å²) < 4.78 is 0. The average Bonchev–Trinajstić information content (AvgIpc) is 2.13. The minimum absolute atomic E-state index is 0.0924. The van der Waals surface area contributed by atoms with Crippen LogP contribution in [-0.2, 0) is 4.79 Å². The molecule has 0 aromatic rings. The highest BCUT2D eigenvalue weighted by Gasteiger charge is 2.00. The molecule has 0 aromatic heterocycles. The van der Waals surface area contributed by atoms with Crippen molar-refractivity contribution in [1.82, 2.24) is 5.32 Å². The van der Waals surface area contributed by atoms with Crippen LogP contribution < -0.4 is 5.32 Å². The van der Waals surface area contributed by atoms with E-state index in [1.165, 1.54) is 5.57 Å². The van der Waals surface area contributed by atoms with E-state index in [1.54, 1.807) is 6.08 Å². The average molecular weight is 193 g/mol. The molecule has 0 heterocycles. The predicted octanol–water partition coefficient (Wildman–Crippen LogP) is 2.59. The molecular formula is C12H19NO. The zero-order chi connectivity index (χ0) is 11.0. The first-order chi connectivity index (χ1) is 6.57.